The molecule has 0 fully saturated rings. The van der Waals surface area contributed by atoms with Gasteiger partial charge in [0.15, 0.2) is 0 Å². The maximum Gasteiger partial charge on any atom is 0.261 e. The third kappa shape index (κ3) is 3.41. The van der Waals surface area contributed by atoms with Crippen LogP contribution in [0.15, 0.2) is 51.9 Å². The zero-order valence-corrected chi connectivity index (χ0v) is 14.8. The summed E-state index contributed by atoms with van der Waals surface area (Å²) in [4.78, 5) is 0.0150. The summed E-state index contributed by atoms with van der Waals surface area (Å²) in [6.07, 6.45) is 0. The van der Waals surface area contributed by atoms with E-state index >= 15 is 0 Å². The second-order valence-electron chi connectivity index (χ2n) is 5.79. The van der Waals surface area contributed by atoms with Gasteiger partial charge in [-0.1, -0.05) is 17.3 Å². The number of benzene rings is 2. The van der Waals surface area contributed by atoms with Crippen LogP contribution in [0.2, 0.25) is 0 Å². The first-order valence-electron chi connectivity index (χ1n) is 7.60. The molecule has 25 heavy (non-hydrogen) atoms. The van der Waals surface area contributed by atoms with Gasteiger partial charge >= 0.3 is 0 Å². The first-order chi connectivity index (χ1) is 11.8. The Morgan fingerprint density at radius 1 is 1.04 bits per heavy atom. The largest absolute Gasteiger partial charge is 0.361 e. The van der Waals surface area contributed by atoms with Gasteiger partial charge in [0.1, 0.15) is 11.6 Å². The van der Waals surface area contributed by atoms with Gasteiger partial charge in [-0.25, -0.2) is 12.8 Å². The lowest BCUT2D eigenvalue weighted by Gasteiger charge is -2.10. The third-order valence-corrected chi connectivity index (χ3v) is 5.28. The van der Waals surface area contributed by atoms with Crippen molar-refractivity contribution >= 4 is 15.7 Å². The molecule has 0 aliphatic rings. The van der Waals surface area contributed by atoms with Crippen molar-refractivity contribution in [3.63, 3.8) is 0 Å². The molecule has 0 aliphatic carbocycles. The molecular formula is C18H17FN2O3S. The summed E-state index contributed by atoms with van der Waals surface area (Å²) in [5.74, 6) is 0.260. The van der Waals surface area contributed by atoms with Crippen LogP contribution in [0, 0.1) is 26.6 Å². The summed E-state index contributed by atoms with van der Waals surface area (Å²) in [6, 6.07) is 10.6. The molecule has 0 radical (unpaired) electrons. The van der Waals surface area contributed by atoms with Gasteiger partial charge in [-0.3, -0.25) is 4.72 Å². The van der Waals surface area contributed by atoms with Crippen LogP contribution in [0.3, 0.4) is 0 Å². The van der Waals surface area contributed by atoms with Crippen molar-refractivity contribution in [2.75, 3.05) is 4.72 Å². The molecule has 0 saturated carbocycles. The predicted octanol–water partition coefficient (Wildman–Crippen LogP) is 4.21. The van der Waals surface area contributed by atoms with Crippen molar-refractivity contribution in [3.8, 4) is 11.1 Å². The quantitative estimate of drug-likeness (QED) is 0.757. The minimum absolute atomic E-state index is 0.0150. The first kappa shape index (κ1) is 17.2. The van der Waals surface area contributed by atoms with E-state index in [0.717, 1.165) is 22.9 Å². The average molecular weight is 360 g/mol. The Labute approximate surface area is 145 Å². The number of rotatable bonds is 4. The summed E-state index contributed by atoms with van der Waals surface area (Å²) >= 11 is 0. The highest BCUT2D eigenvalue weighted by molar-refractivity contribution is 7.92. The fourth-order valence-corrected chi connectivity index (χ4v) is 3.74. The van der Waals surface area contributed by atoms with Crippen LogP contribution in [0.4, 0.5) is 10.1 Å². The number of anilines is 1. The number of aryl methyl sites for hydroxylation is 3. The molecule has 5 nitrogen and oxygen atoms in total. The maximum absolute atomic E-state index is 13.3. The molecule has 1 heterocycles. The number of nitrogens with zero attached hydrogens (tertiary/aromatic N) is 1. The van der Waals surface area contributed by atoms with Crippen molar-refractivity contribution in [1.29, 1.82) is 0 Å². The number of nitrogens with one attached hydrogen (secondary N) is 1. The molecule has 3 aromatic rings. The smallest absolute Gasteiger partial charge is 0.261 e. The Bertz CT molecular complexity index is 1010. The zero-order valence-electron chi connectivity index (χ0n) is 14.0. The lowest BCUT2D eigenvalue weighted by molar-refractivity contribution is 0.393. The van der Waals surface area contributed by atoms with Crippen molar-refractivity contribution in [2.45, 2.75) is 25.7 Å². The molecule has 130 valence electrons. The van der Waals surface area contributed by atoms with Crippen LogP contribution in [0.5, 0.6) is 0 Å². The van der Waals surface area contributed by atoms with E-state index in [4.69, 9.17) is 4.52 Å². The van der Waals surface area contributed by atoms with E-state index in [0.29, 0.717) is 11.4 Å². The topological polar surface area (TPSA) is 72.2 Å². The molecule has 7 heteroatoms. The van der Waals surface area contributed by atoms with Gasteiger partial charge in [0, 0.05) is 11.3 Å². The van der Waals surface area contributed by atoms with Gasteiger partial charge in [0.05, 0.1) is 10.6 Å². The summed E-state index contributed by atoms with van der Waals surface area (Å²) in [6.45, 7) is 5.19. The maximum atomic E-state index is 13.3. The Morgan fingerprint density at radius 3 is 2.28 bits per heavy atom. The predicted molar refractivity (Wildman–Crippen MR) is 93.4 cm³/mol. The zero-order chi connectivity index (χ0) is 18.2. The minimum Gasteiger partial charge on any atom is -0.361 e. The van der Waals surface area contributed by atoms with Crippen molar-refractivity contribution in [1.82, 2.24) is 5.16 Å². The van der Waals surface area contributed by atoms with Crippen LogP contribution in [-0.2, 0) is 10.0 Å². The van der Waals surface area contributed by atoms with Crippen molar-refractivity contribution < 1.29 is 17.3 Å². The van der Waals surface area contributed by atoms with Gasteiger partial charge in [-0.15, -0.1) is 0 Å². The van der Waals surface area contributed by atoms with Crippen molar-refractivity contribution in [3.05, 3.63) is 65.3 Å². The van der Waals surface area contributed by atoms with Gasteiger partial charge in [0.2, 0.25) is 0 Å². The van der Waals surface area contributed by atoms with Crippen molar-refractivity contribution in [2.24, 2.45) is 0 Å². The van der Waals surface area contributed by atoms with Crippen LogP contribution < -0.4 is 4.72 Å². The highest BCUT2D eigenvalue weighted by Crippen LogP contribution is 2.28. The second-order valence-corrected chi connectivity index (χ2v) is 7.48. The fraction of sp³-hybridized carbons (Fsp3) is 0.167. The molecule has 3 rings (SSSR count). The fourth-order valence-electron chi connectivity index (χ4n) is 2.60. The Balaban J connectivity index is 1.87. The van der Waals surface area contributed by atoms with Gasteiger partial charge in [-0.05, 0) is 62.2 Å². The van der Waals surface area contributed by atoms with E-state index in [1.165, 1.54) is 19.1 Å². The van der Waals surface area contributed by atoms with Gasteiger partial charge < -0.3 is 4.52 Å². The number of hydrogen-bond donors (Lipinski definition) is 1. The SMILES string of the molecule is Cc1cc(S(=O)(=O)Nc2ccc(-c3c(C)noc3C)cc2)ccc1F. The van der Waals surface area contributed by atoms with Gasteiger partial charge in [-0.2, -0.15) is 0 Å². The number of sulfonamides is 1. The van der Waals surface area contributed by atoms with Crippen LogP contribution in [0.1, 0.15) is 17.0 Å². The molecule has 0 spiro atoms. The molecule has 1 aromatic heterocycles. The lowest BCUT2D eigenvalue weighted by Crippen LogP contribution is -2.13. The molecule has 0 amide bonds. The highest BCUT2D eigenvalue weighted by Gasteiger charge is 2.16. The molecule has 2 aromatic carbocycles. The van der Waals surface area contributed by atoms with Crippen LogP contribution >= 0.6 is 0 Å². The van der Waals surface area contributed by atoms with Crippen LogP contribution in [0.25, 0.3) is 11.1 Å². The van der Waals surface area contributed by atoms with E-state index in [2.05, 4.69) is 9.88 Å². The van der Waals surface area contributed by atoms with Gasteiger partial charge in [0.25, 0.3) is 10.0 Å². The molecular weight excluding hydrogens is 343 g/mol. The summed E-state index contributed by atoms with van der Waals surface area (Å²) < 4.78 is 45.8. The summed E-state index contributed by atoms with van der Waals surface area (Å²) in [5, 5.41) is 3.91. The summed E-state index contributed by atoms with van der Waals surface area (Å²) in [5.41, 5.74) is 3.24. The third-order valence-electron chi connectivity index (χ3n) is 3.90. The normalized spacial score (nSPS) is 11.5. The van der Waals surface area contributed by atoms with E-state index < -0.39 is 15.8 Å². The Hall–Kier alpha value is -2.67. The number of halogens is 1. The molecule has 0 atom stereocenters. The number of hydrogen-bond acceptors (Lipinski definition) is 4. The molecule has 0 aliphatic heterocycles. The first-order valence-corrected chi connectivity index (χ1v) is 9.08. The van der Waals surface area contributed by atoms with Crippen LogP contribution in [-0.4, -0.2) is 13.6 Å². The average Bonchev–Trinajstić information content (AvgIpc) is 2.89. The second kappa shape index (κ2) is 6.33. The Morgan fingerprint density at radius 2 is 1.72 bits per heavy atom. The molecule has 0 unspecified atom stereocenters. The highest BCUT2D eigenvalue weighted by atomic mass is 32.2. The number of aromatic nitrogens is 1. The van der Waals surface area contributed by atoms with E-state index in [-0.39, 0.29) is 10.5 Å². The molecule has 0 saturated heterocycles. The standard InChI is InChI=1S/C18H17FN2O3S/c1-11-10-16(8-9-17(11)19)25(22,23)21-15-6-4-14(5-7-15)18-12(2)20-24-13(18)3/h4-10,21H,1-3H3. The van der Waals surface area contributed by atoms with E-state index in [9.17, 15) is 12.8 Å². The minimum atomic E-state index is -3.78. The lowest BCUT2D eigenvalue weighted by atomic mass is 10.0. The summed E-state index contributed by atoms with van der Waals surface area (Å²) in [7, 11) is -3.78. The molecule has 1 N–H and O–H groups in total. The Kier molecular flexibility index (Phi) is 4.34. The molecule has 0 bridgehead atoms. The van der Waals surface area contributed by atoms with E-state index in [1.54, 1.807) is 24.3 Å². The van der Waals surface area contributed by atoms with E-state index in [1.807, 2.05) is 13.8 Å². The monoisotopic (exact) mass is 360 g/mol.